The lowest BCUT2D eigenvalue weighted by Crippen LogP contribution is -2.45. The standard InChI is InChI=1S/C9H13N3O3S/c1-12(2)10-9(13)11-16(14,15)8-6-4-3-5-7-8/h3-7H,1-2H3,(H2,10,11,13). The van der Waals surface area contributed by atoms with E-state index < -0.39 is 16.1 Å². The molecule has 2 N–H and O–H groups in total. The summed E-state index contributed by atoms with van der Waals surface area (Å²) in [4.78, 5) is 11.2. The van der Waals surface area contributed by atoms with Crippen molar-refractivity contribution in [3.05, 3.63) is 30.3 Å². The Morgan fingerprint density at radius 1 is 1.19 bits per heavy atom. The molecule has 1 aromatic carbocycles. The molecule has 0 aliphatic rings. The zero-order valence-corrected chi connectivity index (χ0v) is 9.78. The summed E-state index contributed by atoms with van der Waals surface area (Å²) in [6, 6.07) is 6.88. The van der Waals surface area contributed by atoms with Crippen molar-refractivity contribution in [1.82, 2.24) is 15.2 Å². The van der Waals surface area contributed by atoms with Gasteiger partial charge >= 0.3 is 6.03 Å². The Hall–Kier alpha value is -1.60. The van der Waals surface area contributed by atoms with Gasteiger partial charge in [0.2, 0.25) is 0 Å². The van der Waals surface area contributed by atoms with Crippen LogP contribution in [0.2, 0.25) is 0 Å². The van der Waals surface area contributed by atoms with E-state index in [4.69, 9.17) is 0 Å². The number of hydrogen-bond donors (Lipinski definition) is 2. The molecule has 0 saturated heterocycles. The fourth-order valence-corrected chi connectivity index (χ4v) is 1.93. The van der Waals surface area contributed by atoms with Crippen molar-refractivity contribution >= 4 is 16.1 Å². The van der Waals surface area contributed by atoms with Gasteiger partial charge in [-0.1, -0.05) is 18.2 Å². The predicted molar refractivity (Wildman–Crippen MR) is 59.0 cm³/mol. The van der Waals surface area contributed by atoms with Gasteiger partial charge in [-0.25, -0.2) is 22.9 Å². The lowest BCUT2D eigenvalue weighted by molar-refractivity contribution is 0.217. The van der Waals surface area contributed by atoms with Crippen LogP contribution >= 0.6 is 0 Å². The minimum atomic E-state index is -3.79. The molecular formula is C9H13N3O3S. The van der Waals surface area contributed by atoms with Gasteiger partial charge in [0.25, 0.3) is 10.0 Å². The lowest BCUT2D eigenvalue weighted by atomic mass is 10.4. The van der Waals surface area contributed by atoms with Crippen LogP contribution in [0, 0.1) is 0 Å². The second-order valence-electron chi connectivity index (χ2n) is 3.25. The zero-order chi connectivity index (χ0) is 12.2. The number of amides is 2. The van der Waals surface area contributed by atoms with Gasteiger partial charge in [-0.3, -0.25) is 5.43 Å². The van der Waals surface area contributed by atoms with E-state index >= 15 is 0 Å². The summed E-state index contributed by atoms with van der Waals surface area (Å²) >= 11 is 0. The number of hydrogen-bond acceptors (Lipinski definition) is 4. The van der Waals surface area contributed by atoms with Crippen LogP contribution < -0.4 is 10.1 Å². The highest BCUT2D eigenvalue weighted by molar-refractivity contribution is 7.90. The molecule has 0 saturated carbocycles. The quantitative estimate of drug-likeness (QED) is 0.741. The van der Waals surface area contributed by atoms with Crippen LogP contribution in [0.1, 0.15) is 0 Å². The molecule has 0 fully saturated rings. The van der Waals surface area contributed by atoms with Crippen molar-refractivity contribution in [2.75, 3.05) is 14.1 Å². The number of carbonyl (C=O) groups excluding carboxylic acids is 1. The highest BCUT2D eigenvalue weighted by Gasteiger charge is 2.16. The van der Waals surface area contributed by atoms with E-state index in [9.17, 15) is 13.2 Å². The lowest BCUT2D eigenvalue weighted by Gasteiger charge is -2.12. The van der Waals surface area contributed by atoms with E-state index in [0.717, 1.165) is 0 Å². The van der Waals surface area contributed by atoms with Crippen LogP contribution in [0.15, 0.2) is 35.2 Å². The van der Waals surface area contributed by atoms with Crippen LogP contribution in [0.3, 0.4) is 0 Å². The number of rotatable bonds is 3. The van der Waals surface area contributed by atoms with E-state index in [1.165, 1.54) is 17.1 Å². The topological polar surface area (TPSA) is 78.5 Å². The van der Waals surface area contributed by atoms with Crippen LogP contribution in [-0.2, 0) is 10.0 Å². The van der Waals surface area contributed by atoms with Crippen molar-refractivity contribution in [2.24, 2.45) is 0 Å². The summed E-state index contributed by atoms with van der Waals surface area (Å²) in [6.07, 6.45) is 0. The van der Waals surface area contributed by atoms with Gasteiger partial charge in [0.15, 0.2) is 0 Å². The average molecular weight is 243 g/mol. The molecule has 16 heavy (non-hydrogen) atoms. The highest BCUT2D eigenvalue weighted by Crippen LogP contribution is 2.06. The van der Waals surface area contributed by atoms with Crippen molar-refractivity contribution in [3.63, 3.8) is 0 Å². The third-order valence-corrected chi connectivity index (χ3v) is 2.95. The van der Waals surface area contributed by atoms with Crippen molar-refractivity contribution < 1.29 is 13.2 Å². The molecule has 0 aliphatic carbocycles. The Labute approximate surface area is 94.3 Å². The predicted octanol–water partition coefficient (Wildman–Crippen LogP) is 0.151. The molecule has 1 rings (SSSR count). The molecule has 0 radical (unpaired) electrons. The first-order valence-electron chi connectivity index (χ1n) is 4.47. The molecule has 0 unspecified atom stereocenters. The number of hydrazine groups is 1. The van der Waals surface area contributed by atoms with Crippen LogP contribution in [0.25, 0.3) is 0 Å². The number of carbonyl (C=O) groups is 1. The fraction of sp³-hybridized carbons (Fsp3) is 0.222. The van der Waals surface area contributed by atoms with Crippen molar-refractivity contribution in [2.45, 2.75) is 4.90 Å². The molecule has 7 heteroatoms. The van der Waals surface area contributed by atoms with Crippen LogP contribution in [0.5, 0.6) is 0 Å². The largest absolute Gasteiger partial charge is 0.343 e. The third kappa shape index (κ3) is 3.52. The first-order chi connectivity index (χ1) is 7.42. The Morgan fingerprint density at radius 2 is 1.75 bits per heavy atom. The van der Waals surface area contributed by atoms with E-state index in [1.807, 2.05) is 4.72 Å². The first-order valence-corrected chi connectivity index (χ1v) is 5.96. The SMILES string of the molecule is CN(C)NC(=O)NS(=O)(=O)c1ccccc1. The van der Waals surface area contributed by atoms with Crippen molar-refractivity contribution in [3.8, 4) is 0 Å². The summed E-state index contributed by atoms with van der Waals surface area (Å²) in [5, 5.41) is 1.34. The molecule has 2 amide bonds. The molecule has 0 aliphatic heterocycles. The maximum atomic E-state index is 11.6. The second-order valence-corrected chi connectivity index (χ2v) is 4.94. The Bertz CT molecular complexity index is 456. The summed E-state index contributed by atoms with van der Waals surface area (Å²) in [6.45, 7) is 0. The van der Waals surface area contributed by atoms with Gasteiger partial charge in [-0.2, -0.15) is 0 Å². The molecule has 88 valence electrons. The fourth-order valence-electron chi connectivity index (χ4n) is 1.01. The van der Waals surface area contributed by atoms with Gasteiger partial charge in [-0.15, -0.1) is 0 Å². The van der Waals surface area contributed by atoms with E-state index in [0.29, 0.717) is 0 Å². The Balaban J connectivity index is 2.78. The Morgan fingerprint density at radius 3 is 2.25 bits per heavy atom. The summed E-state index contributed by atoms with van der Waals surface area (Å²) < 4.78 is 25.2. The smallest absolute Gasteiger partial charge is 0.270 e. The summed E-state index contributed by atoms with van der Waals surface area (Å²) in [7, 11) is -0.638. The minimum Gasteiger partial charge on any atom is -0.270 e. The molecule has 1 aromatic rings. The van der Waals surface area contributed by atoms with Crippen LogP contribution in [-0.4, -0.2) is 33.6 Å². The number of sulfonamides is 1. The maximum absolute atomic E-state index is 11.6. The van der Waals surface area contributed by atoms with Crippen molar-refractivity contribution in [1.29, 1.82) is 0 Å². The van der Waals surface area contributed by atoms with E-state index in [1.54, 1.807) is 32.3 Å². The van der Waals surface area contributed by atoms with Gasteiger partial charge < -0.3 is 0 Å². The second kappa shape index (κ2) is 4.95. The Kier molecular flexibility index (Phi) is 3.86. The summed E-state index contributed by atoms with van der Waals surface area (Å²) in [5.74, 6) is 0. The molecule has 0 atom stereocenters. The number of benzene rings is 1. The monoisotopic (exact) mass is 243 g/mol. The van der Waals surface area contributed by atoms with Gasteiger partial charge in [0, 0.05) is 14.1 Å². The molecule has 0 spiro atoms. The molecular weight excluding hydrogens is 230 g/mol. The molecule has 0 heterocycles. The zero-order valence-electron chi connectivity index (χ0n) is 8.97. The minimum absolute atomic E-state index is 0.0453. The third-order valence-electron chi connectivity index (χ3n) is 1.61. The normalized spacial score (nSPS) is 11.2. The summed E-state index contributed by atoms with van der Waals surface area (Å²) in [5.41, 5.74) is 2.27. The first kappa shape index (κ1) is 12.5. The highest BCUT2D eigenvalue weighted by atomic mass is 32.2. The van der Waals surface area contributed by atoms with E-state index in [2.05, 4.69) is 5.43 Å². The molecule has 0 bridgehead atoms. The maximum Gasteiger partial charge on any atom is 0.343 e. The van der Waals surface area contributed by atoms with E-state index in [-0.39, 0.29) is 4.90 Å². The van der Waals surface area contributed by atoms with Crippen LogP contribution in [0.4, 0.5) is 4.79 Å². The number of nitrogens with one attached hydrogen (secondary N) is 2. The molecule has 6 nitrogen and oxygen atoms in total. The number of urea groups is 1. The number of nitrogens with zero attached hydrogens (tertiary/aromatic N) is 1. The van der Waals surface area contributed by atoms with Gasteiger partial charge in [0.1, 0.15) is 0 Å². The molecule has 0 aromatic heterocycles. The van der Waals surface area contributed by atoms with Gasteiger partial charge in [-0.05, 0) is 12.1 Å². The van der Waals surface area contributed by atoms with Gasteiger partial charge in [0.05, 0.1) is 4.90 Å². The average Bonchev–Trinajstić information content (AvgIpc) is 2.16.